The second-order valence-electron chi connectivity index (χ2n) is 4.44. The third kappa shape index (κ3) is 4.10. The molecular weight excluding hydrogens is 295 g/mol. The Hall–Kier alpha value is -2.27. The number of hydrogen-bond acceptors (Lipinski definition) is 3. The van der Waals surface area contributed by atoms with Gasteiger partial charge in [-0.3, -0.25) is 4.79 Å². The van der Waals surface area contributed by atoms with E-state index in [0.29, 0.717) is 10.8 Å². The van der Waals surface area contributed by atoms with Crippen LogP contribution in [0.15, 0.2) is 42.5 Å². The quantitative estimate of drug-likeness (QED) is 0.850. The highest BCUT2D eigenvalue weighted by Crippen LogP contribution is 2.21. The number of carbonyl (C=O) groups is 1. The predicted molar refractivity (Wildman–Crippen MR) is 81.0 cm³/mol. The summed E-state index contributed by atoms with van der Waals surface area (Å²) in [4.78, 5) is 12.0. The summed E-state index contributed by atoms with van der Waals surface area (Å²) >= 11 is 5.84. The van der Waals surface area contributed by atoms with Crippen LogP contribution in [0.4, 0.5) is 15.8 Å². The van der Waals surface area contributed by atoms with Crippen LogP contribution in [0.25, 0.3) is 0 Å². The number of carbonyl (C=O) groups excluding carboxylic acids is 1. The summed E-state index contributed by atoms with van der Waals surface area (Å²) in [6.07, 6.45) is -0.786. The van der Waals surface area contributed by atoms with Gasteiger partial charge in [0, 0.05) is 5.02 Å². The van der Waals surface area contributed by atoms with Gasteiger partial charge in [-0.15, -0.1) is 0 Å². The number of benzene rings is 2. The van der Waals surface area contributed by atoms with Crippen molar-refractivity contribution in [3.05, 3.63) is 53.3 Å². The largest absolute Gasteiger partial charge is 0.481 e. The smallest absolute Gasteiger partial charge is 0.265 e. The molecule has 0 aromatic heterocycles. The van der Waals surface area contributed by atoms with Crippen molar-refractivity contribution < 1.29 is 13.9 Å². The zero-order chi connectivity index (χ0) is 15.4. The first-order chi connectivity index (χ1) is 9.95. The number of halogens is 2. The molecule has 2 rings (SSSR count). The Morgan fingerprint density at radius 2 is 2.10 bits per heavy atom. The Bertz CT molecular complexity index is 664. The van der Waals surface area contributed by atoms with E-state index in [2.05, 4.69) is 5.32 Å². The van der Waals surface area contributed by atoms with Gasteiger partial charge in [0.25, 0.3) is 5.91 Å². The highest BCUT2D eigenvalue weighted by molar-refractivity contribution is 6.30. The molecule has 1 atom stereocenters. The lowest BCUT2D eigenvalue weighted by atomic mass is 10.2. The molecule has 0 aliphatic carbocycles. The van der Waals surface area contributed by atoms with E-state index in [1.54, 1.807) is 31.2 Å². The van der Waals surface area contributed by atoms with Gasteiger partial charge in [-0.1, -0.05) is 17.7 Å². The van der Waals surface area contributed by atoms with Crippen molar-refractivity contribution in [2.45, 2.75) is 13.0 Å². The first-order valence-electron chi connectivity index (χ1n) is 6.24. The second-order valence-corrected chi connectivity index (χ2v) is 4.87. The summed E-state index contributed by atoms with van der Waals surface area (Å²) in [5.41, 5.74) is 6.16. The molecule has 2 aromatic carbocycles. The molecule has 0 aliphatic rings. The number of anilines is 2. The van der Waals surface area contributed by atoms with Crippen LogP contribution in [0.5, 0.6) is 5.75 Å². The van der Waals surface area contributed by atoms with Crippen LogP contribution < -0.4 is 15.8 Å². The summed E-state index contributed by atoms with van der Waals surface area (Å²) in [6, 6.07) is 10.5. The third-order valence-electron chi connectivity index (χ3n) is 2.75. The maximum absolute atomic E-state index is 13.1. The molecule has 0 spiro atoms. The number of hydrogen-bond donors (Lipinski definition) is 2. The second kappa shape index (κ2) is 6.45. The molecule has 0 aliphatic heterocycles. The molecule has 0 fully saturated rings. The molecule has 0 saturated carbocycles. The molecular formula is C15H14ClFN2O2. The molecule has 110 valence electrons. The van der Waals surface area contributed by atoms with Crippen molar-refractivity contribution in [3.8, 4) is 5.75 Å². The van der Waals surface area contributed by atoms with Gasteiger partial charge in [-0.25, -0.2) is 4.39 Å². The highest BCUT2D eigenvalue weighted by atomic mass is 35.5. The number of nitrogen functional groups attached to an aromatic ring is 1. The van der Waals surface area contributed by atoms with Crippen molar-refractivity contribution >= 4 is 28.9 Å². The third-order valence-corrected chi connectivity index (χ3v) is 2.99. The monoisotopic (exact) mass is 308 g/mol. The zero-order valence-electron chi connectivity index (χ0n) is 11.3. The molecule has 1 unspecified atom stereocenters. The van der Waals surface area contributed by atoms with E-state index in [4.69, 9.17) is 22.1 Å². The standard InChI is InChI=1S/C15H14ClFN2O2/c1-9(21-12-4-2-3-10(16)7-12)15(20)19-14-8-11(17)5-6-13(14)18/h2-9H,18H2,1H3,(H,19,20). The SMILES string of the molecule is CC(Oc1cccc(Cl)c1)C(=O)Nc1cc(F)ccc1N. The Labute approximate surface area is 126 Å². The zero-order valence-corrected chi connectivity index (χ0v) is 12.0. The van der Waals surface area contributed by atoms with Gasteiger partial charge in [0.05, 0.1) is 11.4 Å². The van der Waals surface area contributed by atoms with Crippen LogP contribution in [0.1, 0.15) is 6.92 Å². The van der Waals surface area contributed by atoms with Crippen LogP contribution >= 0.6 is 11.6 Å². The van der Waals surface area contributed by atoms with Crippen LogP contribution in [-0.2, 0) is 4.79 Å². The fourth-order valence-corrected chi connectivity index (χ4v) is 1.85. The van der Waals surface area contributed by atoms with Gasteiger partial charge in [0.2, 0.25) is 0 Å². The minimum Gasteiger partial charge on any atom is -0.481 e. The molecule has 4 nitrogen and oxygen atoms in total. The number of nitrogens with one attached hydrogen (secondary N) is 1. The van der Waals surface area contributed by atoms with Crippen molar-refractivity contribution in [1.29, 1.82) is 0 Å². The topological polar surface area (TPSA) is 64.3 Å². The number of rotatable bonds is 4. The average molecular weight is 309 g/mol. The minimum atomic E-state index is -0.786. The summed E-state index contributed by atoms with van der Waals surface area (Å²) in [6.45, 7) is 1.58. The molecule has 0 heterocycles. The Morgan fingerprint density at radius 1 is 1.33 bits per heavy atom. The van der Waals surface area contributed by atoms with Crippen molar-refractivity contribution in [1.82, 2.24) is 0 Å². The summed E-state index contributed by atoms with van der Waals surface area (Å²) in [5, 5.41) is 3.03. The van der Waals surface area contributed by atoms with Crippen LogP contribution in [0, 0.1) is 5.82 Å². The fourth-order valence-electron chi connectivity index (χ4n) is 1.67. The molecule has 0 saturated heterocycles. The number of nitrogens with two attached hydrogens (primary N) is 1. The Kier molecular flexibility index (Phi) is 4.65. The van der Waals surface area contributed by atoms with E-state index in [-0.39, 0.29) is 11.4 Å². The van der Waals surface area contributed by atoms with Gasteiger partial charge in [-0.05, 0) is 43.3 Å². The summed E-state index contributed by atoms with van der Waals surface area (Å²) in [7, 11) is 0. The lowest BCUT2D eigenvalue weighted by molar-refractivity contribution is -0.122. The average Bonchev–Trinajstić information content (AvgIpc) is 2.43. The summed E-state index contributed by atoms with van der Waals surface area (Å²) < 4.78 is 18.6. The Morgan fingerprint density at radius 3 is 2.81 bits per heavy atom. The maximum Gasteiger partial charge on any atom is 0.265 e. The van der Waals surface area contributed by atoms with Gasteiger partial charge < -0.3 is 15.8 Å². The Balaban J connectivity index is 2.04. The number of amides is 1. The normalized spacial score (nSPS) is 11.8. The van der Waals surface area contributed by atoms with E-state index in [1.807, 2.05) is 0 Å². The predicted octanol–water partition coefficient (Wildman–Crippen LogP) is 3.47. The molecule has 0 radical (unpaired) electrons. The van der Waals surface area contributed by atoms with Crippen molar-refractivity contribution in [2.75, 3.05) is 11.1 Å². The van der Waals surface area contributed by atoms with Gasteiger partial charge in [0.15, 0.2) is 6.10 Å². The molecule has 3 N–H and O–H groups in total. The molecule has 2 aromatic rings. The molecule has 21 heavy (non-hydrogen) atoms. The first-order valence-corrected chi connectivity index (χ1v) is 6.61. The lowest BCUT2D eigenvalue weighted by Gasteiger charge is -2.15. The molecule has 0 bridgehead atoms. The van der Waals surface area contributed by atoms with E-state index in [1.165, 1.54) is 12.1 Å². The van der Waals surface area contributed by atoms with Crippen LogP contribution in [0.3, 0.4) is 0 Å². The van der Waals surface area contributed by atoms with E-state index >= 15 is 0 Å². The fraction of sp³-hybridized carbons (Fsp3) is 0.133. The van der Waals surface area contributed by atoms with Gasteiger partial charge in [0.1, 0.15) is 11.6 Å². The maximum atomic E-state index is 13.1. The molecule has 1 amide bonds. The van der Waals surface area contributed by atoms with Crippen molar-refractivity contribution in [3.63, 3.8) is 0 Å². The van der Waals surface area contributed by atoms with Crippen molar-refractivity contribution in [2.24, 2.45) is 0 Å². The van der Waals surface area contributed by atoms with E-state index < -0.39 is 17.8 Å². The number of ether oxygens (including phenoxy) is 1. The van der Waals surface area contributed by atoms with Crippen LogP contribution in [-0.4, -0.2) is 12.0 Å². The lowest BCUT2D eigenvalue weighted by Crippen LogP contribution is -2.30. The minimum absolute atomic E-state index is 0.210. The van der Waals surface area contributed by atoms with Gasteiger partial charge in [-0.2, -0.15) is 0 Å². The summed E-state index contributed by atoms with van der Waals surface area (Å²) in [5.74, 6) is -0.451. The highest BCUT2D eigenvalue weighted by Gasteiger charge is 2.16. The van der Waals surface area contributed by atoms with Crippen LogP contribution in [0.2, 0.25) is 5.02 Å². The van der Waals surface area contributed by atoms with E-state index in [0.717, 1.165) is 6.07 Å². The van der Waals surface area contributed by atoms with E-state index in [9.17, 15) is 9.18 Å². The van der Waals surface area contributed by atoms with Gasteiger partial charge >= 0.3 is 0 Å². The first kappa shape index (κ1) is 15.1. The molecule has 6 heteroatoms.